The van der Waals surface area contributed by atoms with Crippen molar-refractivity contribution >= 4 is 15.9 Å². The fourth-order valence-electron chi connectivity index (χ4n) is 3.71. The van der Waals surface area contributed by atoms with Gasteiger partial charge in [0.05, 0.1) is 19.0 Å². The second kappa shape index (κ2) is 10.7. The smallest absolute Gasteiger partial charge is 0.238 e. The van der Waals surface area contributed by atoms with Gasteiger partial charge in [0.1, 0.15) is 6.04 Å². The SMILES string of the molecule is CCCS(=O)(=O)N1CCCC1C(=O)NCc1cccc(COCc2ccccc2)c1. The fraction of sp³-hybridized carbons (Fsp3) is 0.435. The maximum atomic E-state index is 12.7. The molecule has 0 aliphatic carbocycles. The van der Waals surface area contributed by atoms with Crippen LogP contribution in [0.3, 0.4) is 0 Å². The van der Waals surface area contributed by atoms with Crippen LogP contribution in [0, 0.1) is 0 Å². The van der Waals surface area contributed by atoms with Crippen LogP contribution in [0.5, 0.6) is 0 Å². The minimum atomic E-state index is -3.37. The summed E-state index contributed by atoms with van der Waals surface area (Å²) in [7, 11) is -3.37. The Bertz CT molecular complexity index is 931. The van der Waals surface area contributed by atoms with Gasteiger partial charge in [-0.25, -0.2) is 8.42 Å². The predicted molar refractivity (Wildman–Crippen MR) is 117 cm³/mol. The highest BCUT2D eigenvalue weighted by molar-refractivity contribution is 7.89. The molecule has 2 aromatic rings. The minimum absolute atomic E-state index is 0.0851. The van der Waals surface area contributed by atoms with E-state index in [-0.39, 0.29) is 11.7 Å². The molecule has 7 heteroatoms. The Morgan fingerprint density at radius 1 is 1.07 bits per heavy atom. The van der Waals surface area contributed by atoms with Crippen LogP contribution >= 0.6 is 0 Å². The van der Waals surface area contributed by atoms with E-state index in [1.165, 1.54) is 4.31 Å². The third-order valence-corrected chi connectivity index (χ3v) is 7.24. The Morgan fingerprint density at radius 3 is 2.53 bits per heavy atom. The Balaban J connectivity index is 1.51. The third-order valence-electron chi connectivity index (χ3n) is 5.16. The standard InChI is InChI=1S/C23H30N2O4S/c1-2-14-30(27,28)25-13-7-12-22(25)23(26)24-16-20-10-6-11-21(15-20)18-29-17-19-8-4-3-5-9-19/h3-6,8-11,15,22H,2,7,12-14,16-18H2,1H3,(H,24,26). The summed E-state index contributed by atoms with van der Waals surface area (Å²) in [6.07, 6.45) is 1.84. The van der Waals surface area contributed by atoms with E-state index < -0.39 is 16.1 Å². The average Bonchev–Trinajstić information content (AvgIpc) is 3.24. The highest BCUT2D eigenvalue weighted by Gasteiger charge is 2.37. The van der Waals surface area contributed by atoms with Crippen molar-refractivity contribution in [2.24, 2.45) is 0 Å². The second-order valence-corrected chi connectivity index (χ2v) is 9.64. The van der Waals surface area contributed by atoms with Crippen molar-refractivity contribution in [2.75, 3.05) is 12.3 Å². The van der Waals surface area contributed by atoms with E-state index in [0.29, 0.717) is 39.1 Å². The zero-order valence-electron chi connectivity index (χ0n) is 17.4. The van der Waals surface area contributed by atoms with Gasteiger partial charge in [-0.1, -0.05) is 61.5 Å². The van der Waals surface area contributed by atoms with Gasteiger partial charge in [-0.05, 0) is 36.0 Å². The number of rotatable bonds is 10. The highest BCUT2D eigenvalue weighted by atomic mass is 32.2. The molecular formula is C23H30N2O4S. The van der Waals surface area contributed by atoms with Gasteiger partial charge >= 0.3 is 0 Å². The Morgan fingerprint density at radius 2 is 1.77 bits per heavy atom. The number of hydrogen-bond acceptors (Lipinski definition) is 4. The topological polar surface area (TPSA) is 75.7 Å². The molecule has 0 radical (unpaired) electrons. The molecule has 2 aromatic carbocycles. The van der Waals surface area contributed by atoms with Crippen molar-refractivity contribution < 1.29 is 17.9 Å². The molecular weight excluding hydrogens is 400 g/mol. The van der Waals surface area contributed by atoms with Crippen molar-refractivity contribution in [1.82, 2.24) is 9.62 Å². The largest absolute Gasteiger partial charge is 0.372 e. The van der Waals surface area contributed by atoms with E-state index >= 15 is 0 Å². The van der Waals surface area contributed by atoms with Crippen LogP contribution in [-0.4, -0.2) is 37.0 Å². The zero-order valence-corrected chi connectivity index (χ0v) is 18.2. The second-order valence-electron chi connectivity index (χ2n) is 7.60. The van der Waals surface area contributed by atoms with Crippen LogP contribution in [0.25, 0.3) is 0 Å². The summed E-state index contributed by atoms with van der Waals surface area (Å²) in [4.78, 5) is 12.7. The summed E-state index contributed by atoms with van der Waals surface area (Å²) in [5, 5.41) is 2.91. The quantitative estimate of drug-likeness (QED) is 0.628. The molecule has 1 aliphatic rings. The van der Waals surface area contributed by atoms with E-state index in [9.17, 15) is 13.2 Å². The Hall–Kier alpha value is -2.22. The first-order chi connectivity index (χ1) is 14.5. The zero-order chi connectivity index (χ0) is 21.4. The first kappa shape index (κ1) is 22.5. The first-order valence-corrected chi connectivity index (χ1v) is 12.1. The predicted octanol–water partition coefficient (Wildman–Crippen LogP) is 3.22. The summed E-state index contributed by atoms with van der Waals surface area (Å²) in [5.74, 6) is -0.139. The molecule has 6 nitrogen and oxygen atoms in total. The van der Waals surface area contributed by atoms with Crippen LogP contribution in [0.15, 0.2) is 54.6 Å². The number of carbonyl (C=O) groups is 1. The van der Waals surface area contributed by atoms with Gasteiger partial charge in [-0.3, -0.25) is 4.79 Å². The molecule has 0 aromatic heterocycles. The van der Waals surface area contributed by atoms with E-state index in [2.05, 4.69) is 5.32 Å². The van der Waals surface area contributed by atoms with Crippen molar-refractivity contribution in [3.8, 4) is 0 Å². The van der Waals surface area contributed by atoms with Crippen molar-refractivity contribution in [3.63, 3.8) is 0 Å². The molecule has 1 N–H and O–H groups in total. The molecule has 3 rings (SSSR count). The molecule has 1 atom stereocenters. The molecule has 1 heterocycles. The lowest BCUT2D eigenvalue weighted by Gasteiger charge is -2.23. The maximum Gasteiger partial charge on any atom is 0.238 e. The Kier molecular flexibility index (Phi) is 8.01. The van der Waals surface area contributed by atoms with E-state index in [4.69, 9.17) is 4.74 Å². The summed E-state index contributed by atoms with van der Waals surface area (Å²) < 4.78 is 32.0. The monoisotopic (exact) mass is 430 g/mol. The number of amides is 1. The molecule has 0 saturated carbocycles. The van der Waals surface area contributed by atoms with Gasteiger partial charge in [0.25, 0.3) is 0 Å². The third kappa shape index (κ3) is 6.14. The summed E-state index contributed by atoms with van der Waals surface area (Å²) in [5.41, 5.74) is 3.12. The van der Waals surface area contributed by atoms with Crippen molar-refractivity contribution in [1.29, 1.82) is 0 Å². The molecule has 1 unspecified atom stereocenters. The van der Waals surface area contributed by atoms with Crippen LogP contribution in [-0.2, 0) is 39.3 Å². The van der Waals surface area contributed by atoms with Gasteiger partial charge < -0.3 is 10.1 Å². The molecule has 1 fully saturated rings. The summed E-state index contributed by atoms with van der Waals surface area (Å²) in [6, 6.07) is 17.3. The maximum absolute atomic E-state index is 12.7. The molecule has 1 amide bonds. The van der Waals surface area contributed by atoms with E-state index in [1.807, 2.05) is 61.5 Å². The average molecular weight is 431 g/mol. The van der Waals surface area contributed by atoms with E-state index in [0.717, 1.165) is 23.1 Å². The van der Waals surface area contributed by atoms with Crippen LogP contribution < -0.4 is 5.32 Å². The van der Waals surface area contributed by atoms with Crippen LogP contribution in [0.1, 0.15) is 42.9 Å². The number of benzene rings is 2. The number of sulfonamides is 1. The normalized spacial score (nSPS) is 17.2. The summed E-state index contributed by atoms with van der Waals surface area (Å²) in [6.45, 7) is 3.66. The van der Waals surface area contributed by atoms with Gasteiger partial charge in [0.15, 0.2) is 0 Å². The number of ether oxygens (including phenoxy) is 1. The van der Waals surface area contributed by atoms with Crippen molar-refractivity contribution in [3.05, 3.63) is 71.3 Å². The highest BCUT2D eigenvalue weighted by Crippen LogP contribution is 2.22. The number of nitrogens with zero attached hydrogens (tertiary/aromatic N) is 1. The lowest BCUT2D eigenvalue weighted by molar-refractivity contribution is -0.124. The van der Waals surface area contributed by atoms with Crippen LogP contribution in [0.2, 0.25) is 0 Å². The fourth-order valence-corrected chi connectivity index (χ4v) is 5.45. The minimum Gasteiger partial charge on any atom is -0.372 e. The molecule has 0 bridgehead atoms. The molecule has 162 valence electrons. The lowest BCUT2D eigenvalue weighted by Crippen LogP contribution is -2.46. The molecule has 0 spiro atoms. The van der Waals surface area contributed by atoms with Gasteiger partial charge in [0, 0.05) is 13.1 Å². The number of hydrogen-bond donors (Lipinski definition) is 1. The van der Waals surface area contributed by atoms with Gasteiger partial charge in [0.2, 0.25) is 15.9 Å². The van der Waals surface area contributed by atoms with Crippen LogP contribution in [0.4, 0.5) is 0 Å². The summed E-state index contributed by atoms with van der Waals surface area (Å²) >= 11 is 0. The molecule has 1 saturated heterocycles. The van der Waals surface area contributed by atoms with E-state index in [1.54, 1.807) is 0 Å². The van der Waals surface area contributed by atoms with Crippen molar-refractivity contribution in [2.45, 2.75) is 52.0 Å². The number of nitrogens with one attached hydrogen (secondary N) is 1. The van der Waals surface area contributed by atoms with Gasteiger partial charge in [-0.15, -0.1) is 0 Å². The Labute approximate surface area is 179 Å². The number of carbonyl (C=O) groups excluding carboxylic acids is 1. The first-order valence-electron chi connectivity index (χ1n) is 10.5. The molecule has 1 aliphatic heterocycles. The van der Waals surface area contributed by atoms with Gasteiger partial charge in [-0.2, -0.15) is 4.31 Å². The lowest BCUT2D eigenvalue weighted by atomic mass is 10.1. The molecule has 30 heavy (non-hydrogen) atoms.